The minimum Gasteiger partial charge on any atom is -0.475 e. The number of nitrogens with zero attached hydrogens (tertiary/aromatic N) is 1. The van der Waals surface area contributed by atoms with Gasteiger partial charge in [-0.05, 0) is 24.3 Å². The third-order valence-electron chi connectivity index (χ3n) is 4.20. The van der Waals surface area contributed by atoms with Crippen LogP contribution in [0.25, 0.3) is 10.9 Å². The fourth-order valence-electron chi connectivity index (χ4n) is 2.82. The van der Waals surface area contributed by atoms with Gasteiger partial charge in [0.2, 0.25) is 5.78 Å². The van der Waals surface area contributed by atoms with E-state index >= 15 is 0 Å². The van der Waals surface area contributed by atoms with Crippen molar-refractivity contribution in [1.29, 1.82) is 0 Å². The Hall–Kier alpha value is -3.32. The van der Waals surface area contributed by atoms with Crippen LogP contribution in [0.2, 0.25) is 5.02 Å². The van der Waals surface area contributed by atoms with Crippen molar-refractivity contribution < 1.29 is 23.9 Å². The van der Waals surface area contributed by atoms with E-state index in [9.17, 15) is 23.6 Å². The maximum atomic E-state index is 14.1. The number of aromatic nitrogens is 1. The second kappa shape index (κ2) is 7.74. The van der Waals surface area contributed by atoms with E-state index in [0.717, 1.165) is 0 Å². The molecule has 0 atom stereocenters. The van der Waals surface area contributed by atoms with Gasteiger partial charge in [0.15, 0.2) is 11.2 Å². The van der Waals surface area contributed by atoms with Crippen LogP contribution in [0, 0.1) is 5.82 Å². The Bertz CT molecular complexity index is 1180. The highest BCUT2D eigenvalue weighted by atomic mass is 35.5. The molecule has 0 amide bonds. The van der Waals surface area contributed by atoms with Crippen LogP contribution in [0.1, 0.15) is 22.3 Å². The fraction of sp³-hybridized carbons (Fsp3) is 0.100. The number of carboxylic acid groups (broad SMARTS) is 1. The number of hydrogen-bond acceptors (Lipinski definition) is 4. The largest absolute Gasteiger partial charge is 0.475 e. The van der Waals surface area contributed by atoms with E-state index in [1.165, 1.54) is 41.1 Å². The molecule has 1 aromatic heterocycles. The molecule has 0 bridgehead atoms. The molecule has 0 aliphatic rings. The molecule has 1 N–H and O–H groups in total. The first-order valence-corrected chi connectivity index (χ1v) is 8.51. The van der Waals surface area contributed by atoms with Crippen LogP contribution in [-0.2, 0) is 16.1 Å². The summed E-state index contributed by atoms with van der Waals surface area (Å²) < 4.78 is 15.5. The van der Waals surface area contributed by atoms with Gasteiger partial charge in [-0.1, -0.05) is 29.8 Å². The van der Waals surface area contributed by atoms with Gasteiger partial charge in [-0.25, -0.2) is 9.18 Å². The molecule has 8 heteroatoms. The first kappa shape index (κ1) is 19.4. The topological polar surface area (TPSA) is 93.4 Å². The van der Waals surface area contributed by atoms with Gasteiger partial charge < -0.3 is 9.67 Å². The molecule has 2 aromatic carbocycles. The van der Waals surface area contributed by atoms with E-state index in [1.807, 2.05) is 0 Å². The van der Waals surface area contributed by atoms with Gasteiger partial charge in [-0.2, -0.15) is 0 Å². The molecule has 0 saturated heterocycles. The standard InChI is InChI=1S/C20H13ClFNO5/c21-12-5-6-13-16(7-12)23(9-11-3-1-2-4-15(11)22)10-14(19(13)26)17(24)8-18(25)20(27)28/h1-7,10H,8-9H2,(H,27,28). The molecule has 6 nitrogen and oxygen atoms in total. The van der Waals surface area contributed by atoms with Gasteiger partial charge in [0.05, 0.1) is 24.0 Å². The van der Waals surface area contributed by atoms with E-state index in [4.69, 9.17) is 16.7 Å². The van der Waals surface area contributed by atoms with Crippen molar-refractivity contribution in [2.75, 3.05) is 0 Å². The molecule has 0 saturated carbocycles. The summed E-state index contributed by atoms with van der Waals surface area (Å²) in [5.41, 5.74) is -0.310. The van der Waals surface area contributed by atoms with Gasteiger partial charge in [0.1, 0.15) is 5.82 Å². The Morgan fingerprint density at radius 2 is 1.82 bits per heavy atom. The zero-order chi connectivity index (χ0) is 20.4. The maximum absolute atomic E-state index is 14.1. The van der Waals surface area contributed by atoms with E-state index in [-0.39, 0.29) is 17.5 Å². The lowest BCUT2D eigenvalue weighted by atomic mass is 10.0. The summed E-state index contributed by atoms with van der Waals surface area (Å²) in [6.45, 7) is -0.00302. The minimum atomic E-state index is -1.76. The first-order chi connectivity index (χ1) is 13.3. The number of carboxylic acids is 1. The Morgan fingerprint density at radius 3 is 2.50 bits per heavy atom. The smallest absolute Gasteiger partial charge is 0.372 e. The molecule has 0 fully saturated rings. The molecule has 28 heavy (non-hydrogen) atoms. The number of Topliss-reactive ketones (excluding diaryl/α,β-unsaturated/α-hetero) is 2. The summed E-state index contributed by atoms with van der Waals surface area (Å²) in [5, 5.41) is 9.18. The number of halogens is 2. The monoisotopic (exact) mass is 401 g/mol. The van der Waals surface area contributed by atoms with E-state index in [1.54, 1.807) is 12.1 Å². The van der Waals surface area contributed by atoms with Crippen molar-refractivity contribution in [2.45, 2.75) is 13.0 Å². The van der Waals surface area contributed by atoms with Gasteiger partial charge in [0.25, 0.3) is 0 Å². The minimum absolute atomic E-state index is 0.00302. The molecule has 0 aliphatic carbocycles. The summed E-state index contributed by atoms with van der Waals surface area (Å²) in [5.74, 6) is -4.46. The highest BCUT2D eigenvalue weighted by Crippen LogP contribution is 2.20. The third-order valence-corrected chi connectivity index (χ3v) is 4.44. The normalized spacial score (nSPS) is 10.8. The predicted molar refractivity (Wildman–Crippen MR) is 100 cm³/mol. The van der Waals surface area contributed by atoms with Crippen molar-refractivity contribution in [3.63, 3.8) is 0 Å². The number of carbonyl (C=O) groups excluding carboxylic acids is 2. The van der Waals surface area contributed by atoms with E-state index in [0.29, 0.717) is 16.1 Å². The maximum Gasteiger partial charge on any atom is 0.372 e. The number of rotatable bonds is 6. The van der Waals surface area contributed by atoms with Crippen LogP contribution in [0.4, 0.5) is 4.39 Å². The lowest BCUT2D eigenvalue weighted by Crippen LogP contribution is -2.24. The van der Waals surface area contributed by atoms with Crippen molar-refractivity contribution >= 4 is 40.0 Å². The zero-order valence-electron chi connectivity index (χ0n) is 14.3. The van der Waals surface area contributed by atoms with Crippen LogP contribution in [-0.4, -0.2) is 27.2 Å². The molecular formula is C20H13ClFNO5. The van der Waals surface area contributed by atoms with Crippen molar-refractivity contribution in [3.05, 3.63) is 80.9 Å². The molecular weight excluding hydrogens is 389 g/mol. The molecule has 142 valence electrons. The van der Waals surface area contributed by atoms with Crippen LogP contribution < -0.4 is 5.43 Å². The van der Waals surface area contributed by atoms with Crippen molar-refractivity contribution in [1.82, 2.24) is 4.57 Å². The molecule has 0 spiro atoms. The molecule has 1 heterocycles. The Labute approximate surface area is 162 Å². The van der Waals surface area contributed by atoms with Crippen LogP contribution >= 0.6 is 11.6 Å². The number of pyridine rings is 1. The van der Waals surface area contributed by atoms with Crippen molar-refractivity contribution in [2.24, 2.45) is 0 Å². The second-order valence-corrected chi connectivity index (χ2v) is 6.52. The SMILES string of the molecule is O=C(O)C(=O)CC(=O)c1cn(Cc2ccccc2F)c2cc(Cl)ccc2c1=O. The summed E-state index contributed by atoms with van der Waals surface area (Å²) in [6, 6.07) is 10.4. The summed E-state index contributed by atoms with van der Waals surface area (Å²) >= 11 is 6.02. The molecule has 0 unspecified atom stereocenters. The summed E-state index contributed by atoms with van der Waals surface area (Å²) in [4.78, 5) is 47.1. The lowest BCUT2D eigenvalue weighted by molar-refractivity contribution is -0.148. The molecule has 0 aliphatic heterocycles. The average Bonchev–Trinajstić information content (AvgIpc) is 2.65. The zero-order valence-corrected chi connectivity index (χ0v) is 15.1. The van der Waals surface area contributed by atoms with Gasteiger partial charge in [0, 0.05) is 22.2 Å². The molecule has 3 rings (SSSR count). The van der Waals surface area contributed by atoms with Gasteiger partial charge in [-0.3, -0.25) is 14.4 Å². The number of carbonyl (C=O) groups is 3. The third kappa shape index (κ3) is 3.84. The number of ketones is 2. The number of benzene rings is 2. The van der Waals surface area contributed by atoms with Crippen LogP contribution in [0.3, 0.4) is 0 Å². The Balaban J connectivity index is 2.17. The average molecular weight is 402 g/mol. The van der Waals surface area contributed by atoms with Gasteiger partial charge in [-0.15, -0.1) is 0 Å². The predicted octanol–water partition coefficient (Wildman–Crippen LogP) is 3.07. The molecule has 3 aromatic rings. The van der Waals surface area contributed by atoms with Gasteiger partial charge >= 0.3 is 5.97 Å². The van der Waals surface area contributed by atoms with Crippen molar-refractivity contribution in [3.8, 4) is 0 Å². The quantitative estimate of drug-likeness (QED) is 0.389. The highest BCUT2D eigenvalue weighted by molar-refractivity contribution is 6.37. The number of aliphatic carboxylic acids is 1. The Morgan fingerprint density at radius 1 is 1.11 bits per heavy atom. The summed E-state index contributed by atoms with van der Waals surface area (Å²) in [7, 11) is 0. The first-order valence-electron chi connectivity index (χ1n) is 8.13. The number of fused-ring (bicyclic) bond motifs is 1. The second-order valence-electron chi connectivity index (χ2n) is 6.08. The van der Waals surface area contributed by atoms with Crippen LogP contribution in [0.15, 0.2) is 53.5 Å². The van der Waals surface area contributed by atoms with E-state index in [2.05, 4.69) is 0 Å². The number of hydrogen-bond donors (Lipinski definition) is 1. The van der Waals surface area contributed by atoms with Crippen LogP contribution in [0.5, 0.6) is 0 Å². The molecule has 0 radical (unpaired) electrons. The Kier molecular flexibility index (Phi) is 5.37. The lowest BCUT2D eigenvalue weighted by Gasteiger charge is -2.14. The summed E-state index contributed by atoms with van der Waals surface area (Å²) in [6.07, 6.45) is 0.258. The highest BCUT2D eigenvalue weighted by Gasteiger charge is 2.22. The van der Waals surface area contributed by atoms with E-state index < -0.39 is 35.2 Å². The fourth-order valence-corrected chi connectivity index (χ4v) is 2.99.